The molecular weight excluding hydrogens is 272 g/mol. The van der Waals surface area contributed by atoms with Gasteiger partial charge in [-0.1, -0.05) is 19.1 Å². The summed E-state index contributed by atoms with van der Waals surface area (Å²) in [6, 6.07) is -0.395. The summed E-state index contributed by atoms with van der Waals surface area (Å²) in [5, 5.41) is 12.0. The predicted octanol–water partition coefficient (Wildman–Crippen LogP) is 0.954. The molecule has 0 aliphatic carbocycles. The van der Waals surface area contributed by atoms with Crippen molar-refractivity contribution in [1.82, 2.24) is 10.2 Å². The van der Waals surface area contributed by atoms with Crippen LogP contribution in [0.25, 0.3) is 0 Å². The molecule has 0 radical (unpaired) electrons. The van der Waals surface area contributed by atoms with Crippen LogP contribution in [0.15, 0.2) is 11.8 Å². The summed E-state index contributed by atoms with van der Waals surface area (Å²) in [4.78, 5) is 25.0. The lowest BCUT2D eigenvalue weighted by Gasteiger charge is -2.49. The molecule has 2 aliphatic heterocycles. The summed E-state index contributed by atoms with van der Waals surface area (Å²) in [6.07, 6.45) is 2.28. The number of amides is 1. The van der Waals surface area contributed by atoms with Gasteiger partial charge in [0.15, 0.2) is 0 Å². The van der Waals surface area contributed by atoms with Crippen LogP contribution in [0.3, 0.4) is 0 Å². The van der Waals surface area contributed by atoms with E-state index in [0.717, 1.165) is 0 Å². The van der Waals surface area contributed by atoms with E-state index in [0.29, 0.717) is 11.4 Å². The molecule has 0 aromatic rings. The number of thiocarbonyl (C=S) groups is 1. The van der Waals surface area contributed by atoms with Gasteiger partial charge >= 0.3 is 5.97 Å². The van der Waals surface area contributed by atoms with Gasteiger partial charge in [-0.3, -0.25) is 9.69 Å². The molecule has 98 valence electrons. The second-order valence-corrected chi connectivity index (χ2v) is 6.19. The molecule has 1 fully saturated rings. The minimum absolute atomic E-state index is 0.0740. The van der Waals surface area contributed by atoms with Crippen molar-refractivity contribution in [3.05, 3.63) is 11.8 Å². The molecule has 2 N–H and O–H groups in total. The molecule has 1 saturated heterocycles. The van der Waals surface area contributed by atoms with Gasteiger partial charge in [0.2, 0.25) is 0 Å². The number of rotatable bonds is 3. The average Bonchev–Trinajstić information content (AvgIpc) is 2.34. The summed E-state index contributed by atoms with van der Waals surface area (Å²) in [5.41, 5.74) is 0.0803. The molecule has 1 amide bonds. The van der Waals surface area contributed by atoms with Crippen LogP contribution < -0.4 is 5.32 Å². The van der Waals surface area contributed by atoms with Gasteiger partial charge in [0.1, 0.15) is 17.1 Å². The third kappa shape index (κ3) is 2.12. The number of fused-ring (bicyclic) bond motifs is 1. The fraction of sp³-hybridized carbons (Fsp3) is 0.545. The van der Waals surface area contributed by atoms with Crippen molar-refractivity contribution in [3.63, 3.8) is 0 Å². The second-order valence-electron chi connectivity index (χ2n) is 4.20. The van der Waals surface area contributed by atoms with E-state index >= 15 is 0 Å². The van der Waals surface area contributed by atoms with E-state index in [9.17, 15) is 9.59 Å². The predicted molar refractivity (Wildman–Crippen MR) is 73.2 cm³/mol. The maximum absolute atomic E-state index is 12.0. The summed E-state index contributed by atoms with van der Waals surface area (Å²) in [6.45, 7) is 3.83. The van der Waals surface area contributed by atoms with Crippen LogP contribution in [0, 0.1) is 0 Å². The monoisotopic (exact) mass is 286 g/mol. The molecule has 0 spiro atoms. The highest BCUT2D eigenvalue weighted by molar-refractivity contribution is 8.00. The van der Waals surface area contributed by atoms with Crippen LogP contribution in [0.4, 0.5) is 0 Å². The van der Waals surface area contributed by atoms with Crippen molar-refractivity contribution in [3.8, 4) is 0 Å². The van der Waals surface area contributed by atoms with Crippen molar-refractivity contribution in [1.29, 1.82) is 0 Å². The third-order valence-electron chi connectivity index (χ3n) is 2.91. The Bertz CT molecular complexity index is 450. The fourth-order valence-electron chi connectivity index (χ4n) is 2.00. The van der Waals surface area contributed by atoms with Crippen molar-refractivity contribution >= 4 is 40.8 Å². The number of thioether (sulfide) groups is 1. The first-order valence-electron chi connectivity index (χ1n) is 5.68. The third-order valence-corrected chi connectivity index (χ3v) is 4.64. The van der Waals surface area contributed by atoms with Gasteiger partial charge < -0.3 is 10.4 Å². The Morgan fingerprint density at radius 1 is 1.67 bits per heavy atom. The van der Waals surface area contributed by atoms with E-state index in [1.807, 2.05) is 13.8 Å². The Balaban J connectivity index is 2.17. The first-order valence-corrected chi connectivity index (χ1v) is 7.03. The van der Waals surface area contributed by atoms with Crippen molar-refractivity contribution in [2.24, 2.45) is 0 Å². The number of carbonyl (C=O) groups excluding carboxylic acids is 1. The zero-order valence-corrected chi connectivity index (χ0v) is 11.7. The minimum atomic E-state index is -1.06. The number of carboxylic acids is 1. The molecule has 2 aliphatic rings. The van der Waals surface area contributed by atoms with Crippen LogP contribution in [0.2, 0.25) is 0 Å². The Hall–Kier alpha value is -1.08. The number of aliphatic carboxylic acids is 1. The molecule has 5 nitrogen and oxygen atoms in total. The lowest BCUT2D eigenvalue weighted by Crippen LogP contribution is -2.70. The van der Waals surface area contributed by atoms with E-state index in [1.165, 1.54) is 4.90 Å². The molecule has 18 heavy (non-hydrogen) atoms. The second kappa shape index (κ2) is 4.89. The van der Waals surface area contributed by atoms with Gasteiger partial charge in [-0.2, -0.15) is 0 Å². The molecule has 0 bridgehead atoms. The van der Waals surface area contributed by atoms with Gasteiger partial charge in [-0.25, -0.2) is 4.79 Å². The molecular formula is C11H14N2O3S2. The van der Waals surface area contributed by atoms with Crippen LogP contribution in [0.5, 0.6) is 0 Å². The highest BCUT2D eigenvalue weighted by atomic mass is 32.2. The van der Waals surface area contributed by atoms with E-state index < -0.39 is 12.0 Å². The average molecular weight is 286 g/mol. The van der Waals surface area contributed by atoms with Crippen LogP contribution in [0.1, 0.15) is 20.3 Å². The maximum atomic E-state index is 12.0. The zero-order chi connectivity index (χ0) is 13.4. The molecule has 0 saturated carbocycles. The quantitative estimate of drug-likeness (QED) is 0.595. The number of carbonyl (C=O) groups is 2. The Labute approximate surface area is 115 Å². The van der Waals surface area contributed by atoms with Crippen LogP contribution in [-0.2, 0) is 9.59 Å². The number of hydrogen-bond donors (Lipinski definition) is 2. The van der Waals surface area contributed by atoms with E-state index in [-0.39, 0.29) is 22.2 Å². The maximum Gasteiger partial charge on any atom is 0.352 e. The van der Waals surface area contributed by atoms with E-state index in [2.05, 4.69) is 5.32 Å². The summed E-state index contributed by atoms with van der Waals surface area (Å²) in [5.74, 6) is -1.28. The summed E-state index contributed by atoms with van der Waals surface area (Å²) >= 11 is 6.63. The highest BCUT2D eigenvalue weighted by Gasteiger charge is 2.53. The van der Waals surface area contributed by atoms with Gasteiger partial charge in [0.25, 0.3) is 5.91 Å². The largest absolute Gasteiger partial charge is 0.477 e. The van der Waals surface area contributed by atoms with Crippen molar-refractivity contribution in [2.75, 3.05) is 0 Å². The highest BCUT2D eigenvalue weighted by Crippen LogP contribution is 2.40. The van der Waals surface area contributed by atoms with Gasteiger partial charge in [-0.15, -0.1) is 11.8 Å². The first kappa shape index (κ1) is 13.4. The molecule has 2 rings (SSSR count). The molecule has 0 aromatic heterocycles. The number of β-lactam (4-membered cyclic amide) rings is 1. The standard InChI is InChI=1S/C11H14N2O3S2/c1-3-7(17)12-8-9(14)13-6(11(15)16)4-5(2)18-10(8)13/h4-5,8,10H,3H2,1-2H3,(H,12,17)(H,15,16)/t5?,8?,10-/m0/s1. The molecule has 0 aromatic carbocycles. The van der Waals surface area contributed by atoms with Gasteiger partial charge in [0, 0.05) is 5.25 Å². The number of nitrogens with zero attached hydrogens (tertiary/aromatic N) is 1. The topological polar surface area (TPSA) is 69.6 Å². The lowest BCUT2D eigenvalue weighted by atomic mass is 10.0. The van der Waals surface area contributed by atoms with Crippen LogP contribution >= 0.6 is 24.0 Å². The van der Waals surface area contributed by atoms with Crippen molar-refractivity contribution < 1.29 is 14.7 Å². The molecule has 7 heteroatoms. The molecule has 2 unspecified atom stereocenters. The SMILES string of the molecule is CCC(=S)NC1C(=O)N2C(C(=O)O)=CC(C)S[C@@H]12. The Morgan fingerprint density at radius 2 is 2.33 bits per heavy atom. The summed E-state index contributed by atoms with van der Waals surface area (Å²) in [7, 11) is 0. The normalized spacial score (nSPS) is 30.1. The summed E-state index contributed by atoms with van der Waals surface area (Å²) < 4.78 is 0. The zero-order valence-electron chi connectivity index (χ0n) is 10.0. The molecule has 3 atom stereocenters. The van der Waals surface area contributed by atoms with Gasteiger partial charge in [0.05, 0.1) is 4.99 Å². The minimum Gasteiger partial charge on any atom is -0.477 e. The molecule has 2 heterocycles. The smallest absolute Gasteiger partial charge is 0.352 e. The first-order chi connectivity index (χ1) is 8.45. The Kier molecular flexibility index (Phi) is 3.63. The van der Waals surface area contributed by atoms with E-state index in [4.69, 9.17) is 17.3 Å². The Morgan fingerprint density at radius 3 is 2.89 bits per heavy atom. The van der Waals surface area contributed by atoms with Crippen molar-refractivity contribution in [2.45, 2.75) is 36.9 Å². The van der Waals surface area contributed by atoms with Gasteiger partial charge in [-0.05, 0) is 19.4 Å². The fourth-order valence-corrected chi connectivity index (χ4v) is 3.46. The number of hydrogen-bond acceptors (Lipinski definition) is 4. The van der Waals surface area contributed by atoms with E-state index in [1.54, 1.807) is 17.8 Å². The number of carboxylic acid groups (broad SMARTS) is 1. The lowest BCUT2D eigenvalue weighted by molar-refractivity contribution is -0.148. The number of nitrogens with one attached hydrogen (secondary N) is 1. The van der Waals surface area contributed by atoms with Crippen LogP contribution in [-0.4, -0.2) is 43.5 Å².